The molecule has 1 fully saturated rings. The molecular weight excluding hydrogens is 228 g/mol. The van der Waals surface area contributed by atoms with E-state index in [2.05, 4.69) is 31.1 Å². The van der Waals surface area contributed by atoms with E-state index in [9.17, 15) is 0 Å². The van der Waals surface area contributed by atoms with Gasteiger partial charge in [0.2, 0.25) is 0 Å². The highest BCUT2D eigenvalue weighted by Gasteiger charge is 2.30. The molecule has 0 amide bonds. The van der Waals surface area contributed by atoms with Gasteiger partial charge in [0.05, 0.1) is 5.51 Å². The molecule has 96 valence electrons. The summed E-state index contributed by atoms with van der Waals surface area (Å²) in [6, 6.07) is 0.695. The molecule has 1 aromatic heterocycles. The Morgan fingerprint density at radius 3 is 2.94 bits per heavy atom. The maximum Gasteiger partial charge on any atom is 0.0794 e. The Bertz CT molecular complexity index is 321. The SMILES string of the molecule is CC1CCC(C(C)C)C(NCc2cncs2)C1. The molecule has 2 rings (SSSR count). The third-order valence-corrected chi connectivity index (χ3v) is 4.82. The molecule has 1 aliphatic carbocycles. The van der Waals surface area contributed by atoms with Crippen LogP contribution in [0.2, 0.25) is 0 Å². The highest BCUT2D eigenvalue weighted by molar-refractivity contribution is 7.09. The van der Waals surface area contributed by atoms with Crippen molar-refractivity contribution >= 4 is 11.3 Å². The maximum atomic E-state index is 4.13. The Kier molecular flexibility index (Phi) is 4.57. The molecule has 1 aliphatic rings. The molecule has 0 aliphatic heterocycles. The van der Waals surface area contributed by atoms with Gasteiger partial charge in [0.1, 0.15) is 0 Å². The van der Waals surface area contributed by atoms with E-state index in [4.69, 9.17) is 0 Å². The van der Waals surface area contributed by atoms with Gasteiger partial charge < -0.3 is 5.32 Å². The molecular formula is C14H24N2S. The Hall–Kier alpha value is -0.410. The molecule has 0 saturated heterocycles. The topological polar surface area (TPSA) is 24.9 Å². The summed E-state index contributed by atoms with van der Waals surface area (Å²) in [4.78, 5) is 5.49. The van der Waals surface area contributed by atoms with E-state index in [0.29, 0.717) is 6.04 Å². The largest absolute Gasteiger partial charge is 0.309 e. The van der Waals surface area contributed by atoms with Gasteiger partial charge in [0, 0.05) is 23.7 Å². The molecule has 1 aromatic rings. The Morgan fingerprint density at radius 1 is 1.47 bits per heavy atom. The first-order valence-corrected chi connectivity index (χ1v) is 7.65. The minimum Gasteiger partial charge on any atom is -0.309 e. The third kappa shape index (κ3) is 3.52. The molecule has 3 atom stereocenters. The van der Waals surface area contributed by atoms with Crippen molar-refractivity contribution in [1.29, 1.82) is 0 Å². The number of nitrogens with zero attached hydrogens (tertiary/aromatic N) is 1. The standard InChI is InChI=1S/C14H24N2S/c1-10(2)13-5-4-11(3)6-14(13)16-8-12-7-15-9-17-12/h7,9-11,13-14,16H,4-6,8H2,1-3H3. The van der Waals surface area contributed by atoms with E-state index in [1.165, 1.54) is 24.1 Å². The highest BCUT2D eigenvalue weighted by Crippen LogP contribution is 2.33. The number of rotatable bonds is 4. The molecule has 0 radical (unpaired) electrons. The van der Waals surface area contributed by atoms with Crippen molar-refractivity contribution in [3.63, 3.8) is 0 Å². The van der Waals surface area contributed by atoms with Gasteiger partial charge in [0.25, 0.3) is 0 Å². The van der Waals surface area contributed by atoms with Crippen LogP contribution in [0.5, 0.6) is 0 Å². The number of aromatic nitrogens is 1. The van der Waals surface area contributed by atoms with E-state index in [1.807, 2.05) is 11.7 Å². The van der Waals surface area contributed by atoms with Gasteiger partial charge in [-0.25, -0.2) is 0 Å². The van der Waals surface area contributed by atoms with Crippen LogP contribution < -0.4 is 5.32 Å². The van der Waals surface area contributed by atoms with Crippen LogP contribution in [0.1, 0.15) is 44.9 Å². The molecule has 0 aromatic carbocycles. The molecule has 3 unspecified atom stereocenters. The van der Waals surface area contributed by atoms with Crippen molar-refractivity contribution in [3.8, 4) is 0 Å². The van der Waals surface area contributed by atoms with E-state index in [0.717, 1.165) is 24.3 Å². The lowest BCUT2D eigenvalue weighted by Crippen LogP contribution is -2.42. The first kappa shape index (κ1) is 13.0. The molecule has 2 nitrogen and oxygen atoms in total. The van der Waals surface area contributed by atoms with Crippen LogP contribution in [0.25, 0.3) is 0 Å². The van der Waals surface area contributed by atoms with Crippen LogP contribution in [0.4, 0.5) is 0 Å². The highest BCUT2D eigenvalue weighted by atomic mass is 32.1. The van der Waals surface area contributed by atoms with E-state index in [1.54, 1.807) is 11.3 Å². The normalized spacial score (nSPS) is 29.8. The zero-order valence-corrected chi connectivity index (χ0v) is 12.0. The van der Waals surface area contributed by atoms with Crippen LogP contribution in [0, 0.1) is 17.8 Å². The van der Waals surface area contributed by atoms with Crippen molar-refractivity contribution in [2.45, 2.75) is 52.6 Å². The van der Waals surface area contributed by atoms with Gasteiger partial charge in [0.15, 0.2) is 0 Å². The monoisotopic (exact) mass is 252 g/mol. The minimum absolute atomic E-state index is 0.695. The number of thiazole rings is 1. The average Bonchev–Trinajstić information content (AvgIpc) is 2.78. The lowest BCUT2D eigenvalue weighted by molar-refractivity contribution is 0.169. The number of hydrogen-bond donors (Lipinski definition) is 1. The predicted octanol–water partition coefficient (Wildman–Crippen LogP) is 3.69. The quantitative estimate of drug-likeness (QED) is 0.884. The average molecular weight is 252 g/mol. The summed E-state index contributed by atoms with van der Waals surface area (Å²) in [7, 11) is 0. The Morgan fingerprint density at radius 2 is 2.29 bits per heavy atom. The first-order chi connectivity index (χ1) is 8.16. The molecule has 1 heterocycles. The summed E-state index contributed by atoms with van der Waals surface area (Å²) >= 11 is 1.75. The molecule has 17 heavy (non-hydrogen) atoms. The van der Waals surface area contributed by atoms with Crippen molar-refractivity contribution in [2.24, 2.45) is 17.8 Å². The summed E-state index contributed by atoms with van der Waals surface area (Å²) < 4.78 is 0. The fourth-order valence-corrected chi connectivity index (χ4v) is 3.54. The smallest absolute Gasteiger partial charge is 0.0794 e. The molecule has 0 bridgehead atoms. The van der Waals surface area contributed by atoms with Crippen LogP contribution in [-0.4, -0.2) is 11.0 Å². The molecule has 3 heteroatoms. The van der Waals surface area contributed by atoms with Gasteiger partial charge in [-0.15, -0.1) is 11.3 Å². The van der Waals surface area contributed by atoms with Gasteiger partial charge in [-0.2, -0.15) is 0 Å². The predicted molar refractivity (Wildman–Crippen MR) is 74.1 cm³/mol. The first-order valence-electron chi connectivity index (χ1n) is 6.77. The minimum atomic E-state index is 0.695. The van der Waals surface area contributed by atoms with Gasteiger partial charge >= 0.3 is 0 Å². The lowest BCUT2D eigenvalue weighted by Gasteiger charge is -2.38. The summed E-state index contributed by atoms with van der Waals surface area (Å²) in [5, 5.41) is 3.76. The van der Waals surface area contributed by atoms with E-state index >= 15 is 0 Å². The second-order valence-electron chi connectivity index (χ2n) is 5.78. The number of nitrogens with one attached hydrogen (secondary N) is 1. The molecule has 1 saturated carbocycles. The molecule has 1 N–H and O–H groups in total. The molecule has 0 spiro atoms. The van der Waals surface area contributed by atoms with Crippen LogP contribution in [-0.2, 0) is 6.54 Å². The zero-order chi connectivity index (χ0) is 12.3. The summed E-state index contributed by atoms with van der Waals surface area (Å²) in [5.74, 6) is 2.52. The van der Waals surface area contributed by atoms with E-state index < -0.39 is 0 Å². The maximum absolute atomic E-state index is 4.13. The summed E-state index contributed by atoms with van der Waals surface area (Å²) in [5.41, 5.74) is 1.92. The van der Waals surface area contributed by atoms with Crippen molar-refractivity contribution in [3.05, 3.63) is 16.6 Å². The zero-order valence-electron chi connectivity index (χ0n) is 11.1. The van der Waals surface area contributed by atoms with Gasteiger partial charge in [-0.3, -0.25) is 4.98 Å². The summed E-state index contributed by atoms with van der Waals surface area (Å²) in [6.45, 7) is 8.10. The second kappa shape index (κ2) is 5.96. The van der Waals surface area contributed by atoms with Crippen molar-refractivity contribution in [1.82, 2.24) is 10.3 Å². The van der Waals surface area contributed by atoms with E-state index in [-0.39, 0.29) is 0 Å². The lowest BCUT2D eigenvalue weighted by atomic mass is 9.74. The second-order valence-corrected chi connectivity index (χ2v) is 6.75. The summed E-state index contributed by atoms with van der Waals surface area (Å²) in [6.07, 6.45) is 6.11. The Labute approximate surface area is 109 Å². The van der Waals surface area contributed by atoms with Crippen LogP contribution >= 0.6 is 11.3 Å². The fourth-order valence-electron chi connectivity index (χ4n) is 3.00. The van der Waals surface area contributed by atoms with Gasteiger partial charge in [-0.1, -0.05) is 27.2 Å². The van der Waals surface area contributed by atoms with Crippen LogP contribution in [0.15, 0.2) is 11.7 Å². The van der Waals surface area contributed by atoms with Crippen LogP contribution in [0.3, 0.4) is 0 Å². The van der Waals surface area contributed by atoms with Crippen molar-refractivity contribution < 1.29 is 0 Å². The third-order valence-electron chi connectivity index (χ3n) is 4.04. The van der Waals surface area contributed by atoms with Gasteiger partial charge in [-0.05, 0) is 30.6 Å². The number of hydrogen-bond acceptors (Lipinski definition) is 3. The van der Waals surface area contributed by atoms with Crippen molar-refractivity contribution in [2.75, 3.05) is 0 Å². The Balaban J connectivity index is 1.90. The fraction of sp³-hybridized carbons (Fsp3) is 0.786.